The van der Waals surface area contributed by atoms with Crippen molar-refractivity contribution < 1.29 is 0 Å². The Morgan fingerprint density at radius 2 is 2.18 bits per heavy atom. The number of fused-ring (bicyclic) bond motifs is 1. The number of rotatable bonds is 6. The lowest BCUT2D eigenvalue weighted by Crippen LogP contribution is -2.19. The third-order valence-electron chi connectivity index (χ3n) is 3.48. The minimum absolute atomic E-state index is 1.08. The molecule has 0 unspecified atom stereocenters. The SMILES string of the molecule is CCCCCN(C)Cc1ccc2c(c1)CCN2. The summed E-state index contributed by atoms with van der Waals surface area (Å²) >= 11 is 0. The van der Waals surface area contributed by atoms with Crippen molar-refractivity contribution in [2.45, 2.75) is 39.2 Å². The average Bonchev–Trinajstić information content (AvgIpc) is 2.76. The minimum Gasteiger partial charge on any atom is -0.384 e. The van der Waals surface area contributed by atoms with Gasteiger partial charge in [-0.2, -0.15) is 0 Å². The lowest BCUT2D eigenvalue weighted by molar-refractivity contribution is 0.318. The fourth-order valence-corrected chi connectivity index (χ4v) is 2.48. The van der Waals surface area contributed by atoms with Gasteiger partial charge in [0.1, 0.15) is 0 Å². The number of nitrogens with zero attached hydrogens (tertiary/aromatic N) is 1. The van der Waals surface area contributed by atoms with Crippen LogP contribution in [0.15, 0.2) is 18.2 Å². The Labute approximate surface area is 105 Å². The molecule has 0 saturated carbocycles. The first-order chi connectivity index (χ1) is 8.29. The summed E-state index contributed by atoms with van der Waals surface area (Å²) in [5.74, 6) is 0. The van der Waals surface area contributed by atoms with Crippen LogP contribution in [0.25, 0.3) is 0 Å². The molecule has 1 N–H and O–H groups in total. The summed E-state index contributed by atoms with van der Waals surface area (Å²) in [7, 11) is 2.22. The molecule has 2 nitrogen and oxygen atoms in total. The molecule has 1 aromatic carbocycles. The third-order valence-corrected chi connectivity index (χ3v) is 3.48. The molecule has 17 heavy (non-hydrogen) atoms. The van der Waals surface area contributed by atoms with E-state index in [1.54, 1.807) is 0 Å². The predicted molar refractivity (Wildman–Crippen MR) is 74.5 cm³/mol. The largest absolute Gasteiger partial charge is 0.384 e. The van der Waals surface area contributed by atoms with Gasteiger partial charge in [0, 0.05) is 18.8 Å². The number of anilines is 1. The number of benzene rings is 1. The Morgan fingerprint density at radius 3 is 3.00 bits per heavy atom. The van der Waals surface area contributed by atoms with Gasteiger partial charge >= 0.3 is 0 Å². The minimum atomic E-state index is 1.08. The summed E-state index contributed by atoms with van der Waals surface area (Å²) in [6, 6.07) is 6.86. The van der Waals surface area contributed by atoms with Gasteiger partial charge < -0.3 is 10.2 Å². The van der Waals surface area contributed by atoms with Crippen LogP contribution in [0.3, 0.4) is 0 Å². The van der Waals surface area contributed by atoms with Crippen LogP contribution < -0.4 is 5.32 Å². The highest BCUT2D eigenvalue weighted by Crippen LogP contribution is 2.23. The van der Waals surface area contributed by atoms with Crippen molar-refractivity contribution in [3.8, 4) is 0 Å². The molecule has 0 atom stereocenters. The molecule has 94 valence electrons. The summed E-state index contributed by atoms with van der Waals surface area (Å²) < 4.78 is 0. The second-order valence-electron chi connectivity index (χ2n) is 5.11. The van der Waals surface area contributed by atoms with Crippen LogP contribution in [0, 0.1) is 0 Å². The molecule has 0 radical (unpaired) electrons. The van der Waals surface area contributed by atoms with E-state index in [-0.39, 0.29) is 0 Å². The van der Waals surface area contributed by atoms with E-state index in [2.05, 4.69) is 42.4 Å². The summed E-state index contributed by atoms with van der Waals surface area (Å²) in [5.41, 5.74) is 4.28. The number of hydrogen-bond acceptors (Lipinski definition) is 2. The molecule has 0 aromatic heterocycles. The van der Waals surface area contributed by atoms with Crippen molar-refractivity contribution in [2.24, 2.45) is 0 Å². The molecular formula is C15H24N2. The first-order valence-corrected chi connectivity index (χ1v) is 6.84. The third kappa shape index (κ3) is 3.47. The van der Waals surface area contributed by atoms with Gasteiger partial charge in [-0.25, -0.2) is 0 Å². The quantitative estimate of drug-likeness (QED) is 0.757. The monoisotopic (exact) mass is 232 g/mol. The van der Waals surface area contributed by atoms with E-state index < -0.39 is 0 Å². The molecule has 0 spiro atoms. The number of hydrogen-bond donors (Lipinski definition) is 1. The highest BCUT2D eigenvalue weighted by molar-refractivity contribution is 5.56. The topological polar surface area (TPSA) is 15.3 Å². The summed E-state index contributed by atoms with van der Waals surface area (Å²) in [6.45, 7) is 5.65. The van der Waals surface area contributed by atoms with Crippen molar-refractivity contribution in [1.29, 1.82) is 0 Å². The molecule has 2 rings (SSSR count). The van der Waals surface area contributed by atoms with Crippen molar-refractivity contribution in [3.05, 3.63) is 29.3 Å². The van der Waals surface area contributed by atoms with Crippen LogP contribution in [0.2, 0.25) is 0 Å². The van der Waals surface area contributed by atoms with Crippen LogP contribution in [-0.2, 0) is 13.0 Å². The molecule has 1 aliphatic heterocycles. The maximum atomic E-state index is 3.41. The van der Waals surface area contributed by atoms with Crippen LogP contribution in [-0.4, -0.2) is 25.0 Å². The normalized spacial score (nSPS) is 13.8. The van der Waals surface area contributed by atoms with Crippen molar-refractivity contribution >= 4 is 5.69 Å². The molecule has 0 bridgehead atoms. The number of nitrogens with one attached hydrogen (secondary N) is 1. The standard InChI is InChI=1S/C15H24N2/c1-3-4-5-10-17(2)12-13-6-7-15-14(11-13)8-9-16-15/h6-7,11,16H,3-5,8-10,12H2,1-2H3. The fourth-order valence-electron chi connectivity index (χ4n) is 2.48. The van der Waals surface area contributed by atoms with E-state index in [1.165, 1.54) is 49.0 Å². The Kier molecular flexibility index (Phi) is 4.43. The molecule has 2 heteroatoms. The summed E-state index contributed by atoms with van der Waals surface area (Å²) in [4.78, 5) is 2.43. The van der Waals surface area contributed by atoms with Gasteiger partial charge in [0.15, 0.2) is 0 Å². The zero-order valence-electron chi connectivity index (χ0n) is 11.1. The molecule has 0 amide bonds. The molecule has 1 heterocycles. The first kappa shape index (κ1) is 12.4. The molecule has 0 fully saturated rings. The maximum Gasteiger partial charge on any atom is 0.0373 e. The maximum absolute atomic E-state index is 3.41. The zero-order chi connectivity index (χ0) is 12.1. The van der Waals surface area contributed by atoms with E-state index in [0.717, 1.165) is 13.1 Å². The first-order valence-electron chi connectivity index (χ1n) is 6.84. The highest BCUT2D eigenvalue weighted by Gasteiger charge is 2.10. The van der Waals surface area contributed by atoms with E-state index in [1.807, 2.05) is 0 Å². The van der Waals surface area contributed by atoms with Gasteiger partial charge in [0.05, 0.1) is 0 Å². The second-order valence-corrected chi connectivity index (χ2v) is 5.11. The smallest absolute Gasteiger partial charge is 0.0373 e. The Morgan fingerprint density at radius 1 is 1.29 bits per heavy atom. The Hall–Kier alpha value is -1.02. The number of unbranched alkanes of at least 4 members (excludes halogenated alkanes) is 2. The van der Waals surface area contributed by atoms with E-state index >= 15 is 0 Å². The van der Waals surface area contributed by atoms with Crippen molar-refractivity contribution in [1.82, 2.24) is 4.90 Å². The fraction of sp³-hybridized carbons (Fsp3) is 0.600. The van der Waals surface area contributed by atoms with Crippen molar-refractivity contribution in [2.75, 3.05) is 25.5 Å². The van der Waals surface area contributed by atoms with Gasteiger partial charge in [-0.1, -0.05) is 31.9 Å². The highest BCUT2D eigenvalue weighted by atomic mass is 15.1. The second kappa shape index (κ2) is 6.06. The Bertz CT molecular complexity index is 360. The summed E-state index contributed by atoms with van der Waals surface area (Å²) in [6.07, 6.45) is 5.15. The van der Waals surface area contributed by atoms with Crippen LogP contribution in [0.1, 0.15) is 37.3 Å². The van der Waals surface area contributed by atoms with E-state index in [9.17, 15) is 0 Å². The van der Waals surface area contributed by atoms with Crippen LogP contribution in [0.5, 0.6) is 0 Å². The van der Waals surface area contributed by atoms with Gasteiger partial charge in [-0.3, -0.25) is 0 Å². The zero-order valence-corrected chi connectivity index (χ0v) is 11.1. The lowest BCUT2D eigenvalue weighted by atomic mass is 10.1. The molecule has 0 saturated heterocycles. The van der Waals surface area contributed by atoms with Gasteiger partial charge in [-0.05, 0) is 43.6 Å². The molecule has 0 aliphatic carbocycles. The lowest BCUT2D eigenvalue weighted by Gasteiger charge is -2.17. The van der Waals surface area contributed by atoms with Gasteiger partial charge in [0.25, 0.3) is 0 Å². The van der Waals surface area contributed by atoms with E-state index in [4.69, 9.17) is 0 Å². The predicted octanol–water partition coefficient (Wildman–Crippen LogP) is 3.28. The van der Waals surface area contributed by atoms with E-state index in [0.29, 0.717) is 0 Å². The van der Waals surface area contributed by atoms with Crippen LogP contribution >= 0.6 is 0 Å². The van der Waals surface area contributed by atoms with Gasteiger partial charge in [0.2, 0.25) is 0 Å². The van der Waals surface area contributed by atoms with Crippen molar-refractivity contribution in [3.63, 3.8) is 0 Å². The van der Waals surface area contributed by atoms with Gasteiger partial charge in [-0.15, -0.1) is 0 Å². The average molecular weight is 232 g/mol. The molecule has 1 aromatic rings. The molecular weight excluding hydrogens is 208 g/mol. The Balaban J connectivity index is 1.86. The summed E-state index contributed by atoms with van der Waals surface area (Å²) in [5, 5.41) is 3.41. The van der Waals surface area contributed by atoms with Crippen LogP contribution in [0.4, 0.5) is 5.69 Å². The molecule has 1 aliphatic rings.